The van der Waals surface area contributed by atoms with Crippen molar-refractivity contribution in [2.24, 2.45) is 0 Å². The molecule has 2 heterocycles. The van der Waals surface area contributed by atoms with Gasteiger partial charge in [-0.1, -0.05) is 12.8 Å². The molecule has 0 aliphatic heterocycles. The summed E-state index contributed by atoms with van der Waals surface area (Å²) in [5.74, 6) is 0.883. The molecule has 1 fully saturated rings. The highest BCUT2D eigenvalue weighted by atomic mass is 16.2. The van der Waals surface area contributed by atoms with Crippen LogP contribution in [0.2, 0.25) is 0 Å². The van der Waals surface area contributed by atoms with Gasteiger partial charge in [-0.3, -0.25) is 4.79 Å². The normalized spacial score (nSPS) is 15.4. The average molecular weight is 315 g/mol. The van der Waals surface area contributed by atoms with Gasteiger partial charge < -0.3 is 4.90 Å². The van der Waals surface area contributed by atoms with Gasteiger partial charge in [-0.15, -0.1) is 0 Å². The van der Waals surface area contributed by atoms with E-state index in [4.69, 9.17) is 0 Å². The van der Waals surface area contributed by atoms with Crippen LogP contribution >= 0.6 is 0 Å². The number of carbonyl (C=O) groups is 1. The number of rotatable bonds is 5. The van der Waals surface area contributed by atoms with E-state index >= 15 is 0 Å². The molecule has 1 saturated carbocycles. The van der Waals surface area contributed by atoms with Crippen LogP contribution < -0.4 is 0 Å². The van der Waals surface area contributed by atoms with Crippen LogP contribution in [0.25, 0.3) is 5.78 Å². The molecule has 1 aliphatic carbocycles. The zero-order valence-electron chi connectivity index (χ0n) is 14.2. The first kappa shape index (κ1) is 15.9. The Hall–Kier alpha value is -1.98. The third kappa shape index (κ3) is 3.07. The van der Waals surface area contributed by atoms with Gasteiger partial charge in [0, 0.05) is 30.4 Å². The Morgan fingerprint density at radius 1 is 1.35 bits per heavy atom. The standard InChI is InChI=1S/C17H25N5O/c1-4-21(14-7-5-6-8-14)16(23)10-9-15-12(2)20-17-18-11-19-22(17)13(15)3/h11,14H,4-10H2,1-3H3. The minimum atomic E-state index is 0.261. The molecule has 0 unspecified atom stereocenters. The SMILES string of the molecule is CCN(C(=O)CCc1c(C)nc2ncnn2c1C)C1CCCC1. The lowest BCUT2D eigenvalue weighted by Gasteiger charge is -2.28. The zero-order chi connectivity index (χ0) is 16.4. The van der Waals surface area contributed by atoms with Gasteiger partial charge >= 0.3 is 0 Å². The molecule has 1 amide bonds. The summed E-state index contributed by atoms with van der Waals surface area (Å²) in [4.78, 5) is 23.3. The minimum absolute atomic E-state index is 0.261. The van der Waals surface area contributed by atoms with E-state index in [0.717, 1.165) is 36.3 Å². The molecule has 23 heavy (non-hydrogen) atoms. The highest BCUT2D eigenvalue weighted by molar-refractivity contribution is 5.77. The van der Waals surface area contributed by atoms with Gasteiger partial charge in [0.05, 0.1) is 0 Å². The van der Waals surface area contributed by atoms with Crippen LogP contribution in [0, 0.1) is 13.8 Å². The zero-order valence-corrected chi connectivity index (χ0v) is 14.2. The monoisotopic (exact) mass is 315 g/mol. The van der Waals surface area contributed by atoms with Gasteiger partial charge in [-0.05, 0) is 45.6 Å². The maximum Gasteiger partial charge on any atom is 0.252 e. The summed E-state index contributed by atoms with van der Waals surface area (Å²) in [6, 6.07) is 0.450. The van der Waals surface area contributed by atoms with Crippen molar-refractivity contribution in [2.45, 2.75) is 65.3 Å². The van der Waals surface area contributed by atoms with Crippen molar-refractivity contribution in [1.29, 1.82) is 0 Å². The molecule has 0 spiro atoms. The number of amides is 1. The van der Waals surface area contributed by atoms with Crippen LogP contribution in [0.1, 0.15) is 56.0 Å². The van der Waals surface area contributed by atoms with Crippen molar-refractivity contribution in [3.63, 3.8) is 0 Å². The quantitative estimate of drug-likeness (QED) is 0.850. The van der Waals surface area contributed by atoms with E-state index < -0.39 is 0 Å². The van der Waals surface area contributed by atoms with Gasteiger partial charge in [-0.2, -0.15) is 10.1 Å². The van der Waals surface area contributed by atoms with Gasteiger partial charge in [-0.25, -0.2) is 9.50 Å². The summed E-state index contributed by atoms with van der Waals surface area (Å²) in [7, 11) is 0. The van der Waals surface area contributed by atoms with Crippen LogP contribution in [0.15, 0.2) is 6.33 Å². The first-order valence-corrected chi connectivity index (χ1v) is 8.57. The van der Waals surface area contributed by atoms with Crippen LogP contribution in [0.4, 0.5) is 0 Å². The fourth-order valence-corrected chi connectivity index (χ4v) is 3.75. The largest absolute Gasteiger partial charge is 0.340 e. The maximum atomic E-state index is 12.6. The van der Waals surface area contributed by atoms with Crippen LogP contribution in [0.3, 0.4) is 0 Å². The van der Waals surface area contributed by atoms with E-state index in [9.17, 15) is 4.79 Å². The Kier molecular flexibility index (Phi) is 4.59. The molecule has 3 rings (SSSR count). The molecular formula is C17H25N5O. The summed E-state index contributed by atoms with van der Waals surface area (Å²) in [5.41, 5.74) is 3.08. The Bertz CT molecular complexity index is 702. The van der Waals surface area contributed by atoms with Gasteiger partial charge in [0.15, 0.2) is 0 Å². The fourth-order valence-electron chi connectivity index (χ4n) is 3.75. The summed E-state index contributed by atoms with van der Waals surface area (Å²) in [6.07, 6.45) is 7.58. The van der Waals surface area contributed by atoms with E-state index in [-0.39, 0.29) is 5.91 Å². The van der Waals surface area contributed by atoms with Crippen molar-refractivity contribution in [3.05, 3.63) is 23.3 Å². The number of aromatic nitrogens is 4. The molecule has 0 saturated heterocycles. The number of aryl methyl sites for hydroxylation is 2. The first-order valence-electron chi connectivity index (χ1n) is 8.57. The maximum absolute atomic E-state index is 12.6. The van der Waals surface area contributed by atoms with E-state index in [2.05, 4.69) is 26.9 Å². The molecule has 6 heteroatoms. The molecule has 0 radical (unpaired) electrons. The van der Waals surface area contributed by atoms with Gasteiger partial charge in [0.2, 0.25) is 5.91 Å². The Morgan fingerprint density at radius 3 is 2.78 bits per heavy atom. The van der Waals surface area contributed by atoms with Gasteiger partial charge in [0.1, 0.15) is 6.33 Å². The highest BCUT2D eigenvalue weighted by Crippen LogP contribution is 2.24. The number of hydrogen-bond donors (Lipinski definition) is 0. The Morgan fingerprint density at radius 2 is 2.09 bits per heavy atom. The summed E-state index contributed by atoms with van der Waals surface area (Å²) in [6.45, 7) is 6.89. The lowest BCUT2D eigenvalue weighted by Crippen LogP contribution is -2.38. The number of fused-ring (bicyclic) bond motifs is 1. The van der Waals surface area contributed by atoms with Crippen LogP contribution in [-0.2, 0) is 11.2 Å². The second-order valence-electron chi connectivity index (χ2n) is 6.35. The van der Waals surface area contributed by atoms with Crippen LogP contribution in [0.5, 0.6) is 0 Å². The van der Waals surface area contributed by atoms with Crippen molar-refractivity contribution in [3.8, 4) is 0 Å². The predicted octanol–water partition coefficient (Wildman–Crippen LogP) is 2.46. The average Bonchev–Trinajstić information content (AvgIpc) is 3.19. The molecule has 0 atom stereocenters. The summed E-state index contributed by atoms with van der Waals surface area (Å²) >= 11 is 0. The smallest absolute Gasteiger partial charge is 0.252 e. The van der Waals surface area contributed by atoms with Crippen LogP contribution in [-0.4, -0.2) is 43.0 Å². The molecule has 2 aromatic heterocycles. The molecule has 0 bridgehead atoms. The molecule has 0 aromatic carbocycles. The molecule has 124 valence electrons. The molecule has 6 nitrogen and oxygen atoms in total. The Labute approximate surface area is 136 Å². The summed E-state index contributed by atoms with van der Waals surface area (Å²) < 4.78 is 1.75. The minimum Gasteiger partial charge on any atom is -0.340 e. The lowest BCUT2D eigenvalue weighted by atomic mass is 10.1. The molecule has 0 N–H and O–H groups in total. The molecule has 1 aliphatic rings. The number of nitrogens with zero attached hydrogens (tertiary/aromatic N) is 5. The predicted molar refractivity (Wildman–Crippen MR) is 88.2 cm³/mol. The van der Waals surface area contributed by atoms with E-state index in [0.29, 0.717) is 24.7 Å². The molecule has 2 aromatic rings. The van der Waals surface area contributed by atoms with Crippen molar-refractivity contribution in [1.82, 2.24) is 24.5 Å². The third-order valence-electron chi connectivity index (χ3n) is 5.00. The van der Waals surface area contributed by atoms with Crippen molar-refractivity contribution in [2.75, 3.05) is 6.54 Å². The number of hydrogen-bond acceptors (Lipinski definition) is 4. The van der Waals surface area contributed by atoms with E-state index in [1.54, 1.807) is 4.52 Å². The van der Waals surface area contributed by atoms with E-state index in [1.165, 1.54) is 19.2 Å². The number of carbonyl (C=O) groups excluding carboxylic acids is 1. The van der Waals surface area contributed by atoms with Gasteiger partial charge in [0.25, 0.3) is 5.78 Å². The first-order chi connectivity index (χ1) is 11.1. The summed E-state index contributed by atoms with van der Waals surface area (Å²) in [5, 5.41) is 4.21. The topological polar surface area (TPSA) is 63.4 Å². The van der Waals surface area contributed by atoms with Crippen molar-refractivity contribution >= 4 is 11.7 Å². The lowest BCUT2D eigenvalue weighted by molar-refractivity contribution is -0.133. The van der Waals surface area contributed by atoms with E-state index in [1.807, 2.05) is 13.8 Å². The second-order valence-corrected chi connectivity index (χ2v) is 6.35. The van der Waals surface area contributed by atoms with Crippen molar-refractivity contribution < 1.29 is 4.79 Å². The highest BCUT2D eigenvalue weighted by Gasteiger charge is 2.25. The second kappa shape index (κ2) is 6.64. The Balaban J connectivity index is 1.73. The molecular weight excluding hydrogens is 290 g/mol. The fraction of sp³-hybridized carbons (Fsp3) is 0.647. The third-order valence-corrected chi connectivity index (χ3v) is 5.00.